The fraction of sp³-hybridized carbons (Fsp3) is 0.733. The number of hydrogen-bond acceptors (Lipinski definition) is 3. The van der Waals surface area contributed by atoms with Crippen molar-refractivity contribution in [3.8, 4) is 17.2 Å². The third kappa shape index (κ3) is 21.8. The van der Waals surface area contributed by atoms with Crippen molar-refractivity contribution in [2.45, 2.75) is 200 Å². The van der Waals surface area contributed by atoms with Crippen LogP contribution in [0.1, 0.15) is 199 Å². The van der Waals surface area contributed by atoms with Gasteiger partial charge in [0, 0.05) is 6.07 Å². The molecule has 53 heavy (non-hydrogen) atoms. The van der Waals surface area contributed by atoms with E-state index in [2.05, 4.69) is 13.8 Å². The number of hydrogen-bond donors (Lipinski definition) is 0. The minimum absolute atomic E-state index is 0.307. The third-order valence-corrected chi connectivity index (χ3v) is 11.0. The summed E-state index contributed by atoms with van der Waals surface area (Å²) in [6, 6.07) is 5.26. The zero-order valence-corrected chi connectivity index (χ0v) is 35.4. The lowest BCUT2D eigenvalue weighted by Gasteiger charge is -2.14. The van der Waals surface area contributed by atoms with Crippen LogP contribution < -0.4 is 14.2 Å². The lowest BCUT2D eigenvalue weighted by molar-refractivity contribution is 0.256. The van der Waals surface area contributed by atoms with Crippen molar-refractivity contribution in [1.82, 2.24) is 0 Å². The van der Waals surface area contributed by atoms with Crippen molar-refractivity contribution < 1.29 is 31.8 Å². The molecule has 0 spiro atoms. The highest BCUT2D eigenvalue weighted by molar-refractivity contribution is 14.1. The molecular formula is C45H71F4IO3. The van der Waals surface area contributed by atoms with Crippen LogP contribution in [0.4, 0.5) is 17.6 Å². The van der Waals surface area contributed by atoms with Gasteiger partial charge in [0.25, 0.3) is 0 Å². The van der Waals surface area contributed by atoms with Crippen LogP contribution in [0.25, 0.3) is 0 Å². The Kier molecular flexibility index (Phi) is 28.2. The van der Waals surface area contributed by atoms with Gasteiger partial charge >= 0.3 is 0 Å². The van der Waals surface area contributed by atoms with E-state index in [1.165, 1.54) is 177 Å². The number of halogens is 5. The van der Waals surface area contributed by atoms with Crippen LogP contribution in [0.2, 0.25) is 0 Å². The van der Waals surface area contributed by atoms with E-state index in [0.717, 1.165) is 25.7 Å². The van der Waals surface area contributed by atoms with E-state index < -0.39 is 32.6 Å². The molecule has 0 heterocycles. The molecule has 0 bridgehead atoms. The minimum atomic E-state index is -1.55. The first-order valence-electron chi connectivity index (χ1n) is 21.4. The zero-order valence-electron chi connectivity index (χ0n) is 33.3. The van der Waals surface area contributed by atoms with E-state index in [0.29, 0.717) is 30.3 Å². The first-order chi connectivity index (χ1) is 25.9. The molecule has 0 radical (unpaired) electrons. The Morgan fingerprint density at radius 1 is 0.396 bits per heavy atom. The summed E-state index contributed by atoms with van der Waals surface area (Å²) in [6.45, 7) is 5.29. The molecule has 0 saturated carbocycles. The molecule has 0 unspecified atom stereocenters. The second-order valence-corrected chi connectivity index (χ2v) is 16.0. The minimum Gasteiger partial charge on any atom is -0.493 e. The summed E-state index contributed by atoms with van der Waals surface area (Å²) in [5, 5.41) is 0. The molecule has 0 saturated heterocycles. The molecule has 0 aromatic heterocycles. The second-order valence-electron chi connectivity index (χ2n) is 14.9. The van der Waals surface area contributed by atoms with E-state index in [1.807, 2.05) is 6.07 Å². The maximum atomic E-state index is 14.5. The van der Waals surface area contributed by atoms with Gasteiger partial charge in [-0.2, -0.15) is 8.78 Å². The summed E-state index contributed by atoms with van der Waals surface area (Å²) in [7, 11) is 0. The zero-order chi connectivity index (χ0) is 38.4. The van der Waals surface area contributed by atoms with Crippen LogP contribution >= 0.6 is 22.6 Å². The summed E-state index contributed by atoms with van der Waals surface area (Å²) in [4.78, 5) is 0. The number of rotatable bonds is 35. The van der Waals surface area contributed by atoms with E-state index >= 15 is 0 Å². The lowest BCUT2D eigenvalue weighted by atomic mass is 10.0. The highest BCUT2D eigenvalue weighted by Gasteiger charge is 2.25. The summed E-state index contributed by atoms with van der Waals surface area (Å²) in [5.74, 6) is -5.97. The van der Waals surface area contributed by atoms with Crippen LogP contribution in [0.5, 0.6) is 17.2 Å². The largest absolute Gasteiger partial charge is 0.493 e. The molecule has 0 N–H and O–H groups in total. The van der Waals surface area contributed by atoms with Crippen LogP contribution in [-0.4, -0.2) is 13.2 Å². The Morgan fingerprint density at radius 3 is 1.02 bits per heavy atom. The van der Waals surface area contributed by atoms with Crippen molar-refractivity contribution in [2.24, 2.45) is 0 Å². The van der Waals surface area contributed by atoms with Gasteiger partial charge in [0.2, 0.25) is 11.6 Å². The van der Waals surface area contributed by atoms with Crippen molar-refractivity contribution >= 4 is 22.6 Å². The van der Waals surface area contributed by atoms with Crippen molar-refractivity contribution in [2.75, 3.05) is 13.2 Å². The molecule has 2 aromatic carbocycles. The van der Waals surface area contributed by atoms with Gasteiger partial charge in [-0.1, -0.05) is 181 Å². The molecule has 3 nitrogen and oxygen atoms in total. The summed E-state index contributed by atoms with van der Waals surface area (Å²) in [5.41, 5.74) is 0.526. The van der Waals surface area contributed by atoms with Crippen LogP contribution in [0.3, 0.4) is 0 Å². The van der Waals surface area contributed by atoms with E-state index in [9.17, 15) is 17.6 Å². The van der Waals surface area contributed by atoms with Gasteiger partial charge < -0.3 is 14.2 Å². The Morgan fingerprint density at radius 2 is 0.698 bits per heavy atom. The van der Waals surface area contributed by atoms with E-state index in [1.54, 1.807) is 12.1 Å². The highest BCUT2D eigenvalue weighted by Crippen LogP contribution is 2.32. The topological polar surface area (TPSA) is 27.7 Å². The van der Waals surface area contributed by atoms with Gasteiger partial charge in [-0.3, -0.25) is 0 Å². The Bertz CT molecular complexity index is 1130. The van der Waals surface area contributed by atoms with E-state index in [-0.39, 0.29) is 6.61 Å². The summed E-state index contributed by atoms with van der Waals surface area (Å²) >= 11 is 1.24. The lowest BCUT2D eigenvalue weighted by Crippen LogP contribution is -2.07. The molecule has 2 aromatic rings. The van der Waals surface area contributed by atoms with Gasteiger partial charge in [0.1, 0.15) is 18.1 Å². The smallest absolute Gasteiger partial charge is 0.205 e. The monoisotopic (exact) mass is 862 g/mol. The van der Waals surface area contributed by atoms with Crippen LogP contribution in [-0.2, 0) is 6.61 Å². The Hall–Kier alpha value is -1.71. The Labute approximate surface area is 334 Å². The van der Waals surface area contributed by atoms with Gasteiger partial charge in [-0.25, -0.2) is 8.78 Å². The predicted octanol–water partition coefficient (Wildman–Crippen LogP) is 16.1. The number of unbranched alkanes of at least 4 members (excludes halogenated alkanes) is 26. The van der Waals surface area contributed by atoms with E-state index in [4.69, 9.17) is 14.2 Å². The molecule has 304 valence electrons. The van der Waals surface area contributed by atoms with Crippen molar-refractivity contribution in [3.63, 3.8) is 0 Å². The molecule has 0 atom stereocenters. The van der Waals surface area contributed by atoms with Gasteiger partial charge in [0.05, 0.1) is 16.8 Å². The fourth-order valence-electron chi connectivity index (χ4n) is 6.72. The quantitative estimate of drug-likeness (QED) is 0.0227. The number of ether oxygens (including phenoxy) is 3. The number of benzene rings is 2. The summed E-state index contributed by atoms with van der Waals surface area (Å²) in [6.07, 6.45) is 35.9. The maximum Gasteiger partial charge on any atom is 0.205 e. The molecule has 2 rings (SSSR count). The predicted molar refractivity (Wildman–Crippen MR) is 221 cm³/mol. The second kappa shape index (κ2) is 31.5. The molecule has 0 amide bonds. The molecule has 0 aliphatic rings. The third-order valence-electron chi connectivity index (χ3n) is 10.0. The molecule has 8 heteroatoms. The van der Waals surface area contributed by atoms with Gasteiger partial charge in [-0.05, 0) is 53.1 Å². The normalized spacial score (nSPS) is 11.4. The molecule has 0 aliphatic carbocycles. The average Bonchev–Trinajstić information content (AvgIpc) is 3.16. The SMILES string of the molecule is CCCCCCCCCCCCCCCCOc1cc(COc2c(F)c(F)c(I)c(F)c2F)cc(OCCCCCCCCCCCCCCCC)c1. The molecule has 0 fully saturated rings. The maximum absolute atomic E-state index is 14.5. The standard InChI is InChI=1S/C45H71F4IO3/c1-3-5-7-9-11-13-15-17-19-21-23-25-27-29-31-51-38-33-37(36-53-45-42(48)40(46)44(50)41(47)43(45)49)34-39(35-38)52-32-30-28-26-24-22-20-18-16-14-12-10-8-6-4-2/h33-35H,3-32,36H2,1-2H3. The first kappa shape index (κ1) is 47.4. The Balaban J connectivity index is 1.74. The van der Waals surface area contributed by atoms with Gasteiger partial charge in [-0.15, -0.1) is 0 Å². The van der Waals surface area contributed by atoms with Crippen LogP contribution in [0.15, 0.2) is 18.2 Å². The fourth-order valence-corrected chi connectivity index (χ4v) is 7.19. The van der Waals surface area contributed by atoms with Crippen molar-refractivity contribution in [1.29, 1.82) is 0 Å². The first-order valence-corrected chi connectivity index (χ1v) is 22.5. The average molecular weight is 863 g/mol. The highest BCUT2D eigenvalue weighted by atomic mass is 127. The van der Waals surface area contributed by atoms with Crippen molar-refractivity contribution in [3.05, 3.63) is 50.6 Å². The summed E-state index contributed by atoms with van der Waals surface area (Å²) < 4.78 is 73.9. The van der Waals surface area contributed by atoms with Crippen LogP contribution in [0, 0.1) is 26.8 Å². The van der Waals surface area contributed by atoms with Gasteiger partial charge in [0.15, 0.2) is 17.4 Å². The molecule has 0 aliphatic heterocycles. The molecular weight excluding hydrogens is 791 g/mol.